The van der Waals surface area contributed by atoms with E-state index in [9.17, 15) is 9.00 Å². The van der Waals surface area contributed by atoms with E-state index in [0.717, 1.165) is 0 Å². The Kier molecular flexibility index (Phi) is 5.12. The fourth-order valence-electron chi connectivity index (χ4n) is 0.562. The van der Waals surface area contributed by atoms with Crippen LogP contribution in [0, 0.1) is 0 Å². The molecule has 10 heavy (non-hydrogen) atoms. The molecule has 2 nitrogen and oxygen atoms in total. The summed E-state index contributed by atoms with van der Waals surface area (Å²) >= 11 is 0. The van der Waals surface area contributed by atoms with Crippen molar-refractivity contribution < 1.29 is 9.00 Å². The molecule has 0 N–H and O–H groups in total. The van der Waals surface area contributed by atoms with Gasteiger partial charge in [0.2, 0.25) is 0 Å². The van der Waals surface area contributed by atoms with Gasteiger partial charge in [0.05, 0.1) is 5.75 Å². The lowest BCUT2D eigenvalue weighted by Gasteiger charge is -1.92. The minimum atomic E-state index is -0.983. The topological polar surface area (TPSA) is 34.1 Å². The molecule has 0 aromatic rings. The van der Waals surface area contributed by atoms with Crippen molar-refractivity contribution >= 4 is 16.6 Å². The Labute approximate surface area is 63.8 Å². The van der Waals surface area contributed by atoms with E-state index in [4.69, 9.17) is 0 Å². The highest BCUT2D eigenvalue weighted by Gasteiger charge is 2.01. The van der Waals surface area contributed by atoms with Gasteiger partial charge in [0, 0.05) is 23.5 Å². The molecule has 1 unspecified atom stereocenters. The first-order valence-electron chi connectivity index (χ1n) is 3.09. The number of allylic oxidation sites excluding steroid dienone is 1. The smallest absolute Gasteiger partial charge is 0.145 e. The second-order valence-corrected chi connectivity index (χ2v) is 3.52. The van der Waals surface area contributed by atoms with E-state index < -0.39 is 10.8 Å². The average molecular weight is 160 g/mol. The van der Waals surface area contributed by atoms with Gasteiger partial charge in [-0.05, 0) is 6.42 Å². The molecule has 0 rings (SSSR count). The first-order valence-corrected chi connectivity index (χ1v) is 4.82. The number of carbonyl (C=O) groups is 1. The van der Waals surface area contributed by atoms with Crippen molar-refractivity contribution in [2.75, 3.05) is 12.0 Å². The third-order valence-electron chi connectivity index (χ3n) is 0.992. The second-order valence-electron chi connectivity index (χ2n) is 2.08. The van der Waals surface area contributed by atoms with Crippen molar-refractivity contribution in [1.29, 1.82) is 0 Å². The van der Waals surface area contributed by atoms with Crippen LogP contribution in [0.25, 0.3) is 0 Å². The molecule has 0 aliphatic heterocycles. The number of carbonyl (C=O) groups excluding carboxylic acids is 1. The molecular weight excluding hydrogens is 148 g/mol. The van der Waals surface area contributed by atoms with Gasteiger partial charge < -0.3 is 0 Å². The lowest BCUT2D eigenvalue weighted by molar-refractivity contribution is -0.116. The van der Waals surface area contributed by atoms with E-state index in [1.807, 2.05) is 0 Å². The van der Waals surface area contributed by atoms with Crippen molar-refractivity contribution in [3.05, 3.63) is 12.7 Å². The van der Waals surface area contributed by atoms with E-state index in [-0.39, 0.29) is 11.5 Å². The van der Waals surface area contributed by atoms with Gasteiger partial charge in [0.25, 0.3) is 0 Å². The second kappa shape index (κ2) is 5.35. The Balaban J connectivity index is 3.43. The molecule has 0 aromatic heterocycles. The molecule has 0 saturated heterocycles. The van der Waals surface area contributed by atoms with Crippen LogP contribution >= 0.6 is 0 Å². The van der Waals surface area contributed by atoms with Crippen molar-refractivity contribution in [2.45, 2.75) is 12.8 Å². The molecule has 0 spiro atoms. The maximum atomic E-state index is 10.8. The van der Waals surface area contributed by atoms with Crippen LogP contribution in [0.4, 0.5) is 0 Å². The largest absolute Gasteiger partial charge is 0.299 e. The normalized spacial score (nSPS) is 12.5. The lowest BCUT2D eigenvalue weighted by Crippen LogP contribution is -2.08. The summed E-state index contributed by atoms with van der Waals surface area (Å²) < 4.78 is 10.5. The number of hydrogen-bond acceptors (Lipinski definition) is 2. The van der Waals surface area contributed by atoms with E-state index in [1.165, 1.54) is 6.26 Å². The number of Topliss-reactive ketones (excluding diaryl/α,β-unsaturated/α-hetero) is 1. The Hall–Kier alpha value is -0.440. The van der Waals surface area contributed by atoms with E-state index in [0.29, 0.717) is 12.8 Å². The molecule has 0 aromatic carbocycles. The third kappa shape index (κ3) is 5.69. The quantitative estimate of drug-likeness (QED) is 0.560. The molecule has 0 radical (unpaired) electrons. The highest BCUT2D eigenvalue weighted by molar-refractivity contribution is 7.85. The predicted molar refractivity (Wildman–Crippen MR) is 43.4 cm³/mol. The molecule has 0 saturated carbocycles. The Morgan fingerprint density at radius 1 is 1.70 bits per heavy atom. The van der Waals surface area contributed by atoms with E-state index >= 15 is 0 Å². The maximum Gasteiger partial charge on any atom is 0.145 e. The SMILES string of the molecule is C=CCCC(=O)CS(C)=O. The van der Waals surface area contributed by atoms with Crippen LogP contribution in [-0.4, -0.2) is 22.0 Å². The zero-order chi connectivity index (χ0) is 7.98. The van der Waals surface area contributed by atoms with Gasteiger partial charge in [-0.3, -0.25) is 9.00 Å². The number of hydrogen-bond donors (Lipinski definition) is 0. The fourth-order valence-corrected chi connectivity index (χ4v) is 1.16. The highest BCUT2D eigenvalue weighted by atomic mass is 32.2. The van der Waals surface area contributed by atoms with Gasteiger partial charge in [0.1, 0.15) is 5.78 Å². The summed E-state index contributed by atoms with van der Waals surface area (Å²) in [6.07, 6.45) is 4.39. The van der Waals surface area contributed by atoms with Crippen LogP contribution in [0.1, 0.15) is 12.8 Å². The van der Waals surface area contributed by atoms with Gasteiger partial charge in [-0.25, -0.2) is 0 Å². The summed E-state index contributed by atoms with van der Waals surface area (Å²) in [5.74, 6) is 0.245. The summed E-state index contributed by atoms with van der Waals surface area (Å²) in [6.45, 7) is 3.48. The Bertz CT molecular complexity index is 152. The van der Waals surface area contributed by atoms with Gasteiger partial charge in [-0.1, -0.05) is 6.08 Å². The first-order chi connectivity index (χ1) is 4.66. The standard InChI is InChI=1S/C7H12O2S/c1-3-4-5-7(8)6-10(2)9/h3H,1,4-6H2,2H3. The van der Waals surface area contributed by atoms with E-state index in [2.05, 4.69) is 6.58 Å². The molecular formula is C7H12O2S. The molecule has 58 valence electrons. The molecule has 1 atom stereocenters. The summed E-state index contributed by atoms with van der Waals surface area (Å²) in [4.78, 5) is 10.8. The predicted octanol–water partition coefficient (Wildman–Crippen LogP) is 0.900. The Morgan fingerprint density at radius 2 is 2.30 bits per heavy atom. The minimum Gasteiger partial charge on any atom is -0.299 e. The van der Waals surface area contributed by atoms with Crippen molar-refractivity contribution in [2.24, 2.45) is 0 Å². The molecule has 0 amide bonds. The van der Waals surface area contributed by atoms with Crippen molar-refractivity contribution in [1.82, 2.24) is 0 Å². The van der Waals surface area contributed by atoms with Crippen LogP contribution in [0.2, 0.25) is 0 Å². The van der Waals surface area contributed by atoms with Gasteiger partial charge >= 0.3 is 0 Å². The molecule has 0 aliphatic carbocycles. The molecule has 0 heterocycles. The first kappa shape index (κ1) is 9.56. The fraction of sp³-hybridized carbons (Fsp3) is 0.571. The lowest BCUT2D eigenvalue weighted by atomic mass is 10.2. The number of rotatable bonds is 5. The van der Waals surface area contributed by atoms with Crippen molar-refractivity contribution in [3.8, 4) is 0 Å². The maximum absolute atomic E-state index is 10.8. The molecule has 0 aliphatic rings. The molecule has 3 heteroatoms. The van der Waals surface area contributed by atoms with Crippen LogP contribution in [0.3, 0.4) is 0 Å². The monoisotopic (exact) mass is 160 g/mol. The highest BCUT2D eigenvalue weighted by Crippen LogP contribution is 1.92. The summed E-state index contributed by atoms with van der Waals surface area (Å²) in [5.41, 5.74) is 0. The molecule has 0 bridgehead atoms. The zero-order valence-corrected chi connectivity index (χ0v) is 6.95. The Morgan fingerprint density at radius 3 is 2.70 bits per heavy atom. The van der Waals surface area contributed by atoms with Gasteiger partial charge in [0.15, 0.2) is 0 Å². The van der Waals surface area contributed by atoms with Crippen LogP contribution < -0.4 is 0 Å². The average Bonchev–Trinajstić information content (AvgIpc) is 1.82. The summed E-state index contributed by atoms with van der Waals surface area (Å²) in [5, 5.41) is 0. The van der Waals surface area contributed by atoms with Crippen LogP contribution in [0.15, 0.2) is 12.7 Å². The van der Waals surface area contributed by atoms with E-state index in [1.54, 1.807) is 6.08 Å². The number of ketones is 1. The zero-order valence-electron chi connectivity index (χ0n) is 6.13. The minimum absolute atomic E-state index is 0.0562. The summed E-state index contributed by atoms with van der Waals surface area (Å²) in [7, 11) is -0.983. The van der Waals surface area contributed by atoms with Gasteiger partial charge in [-0.2, -0.15) is 0 Å². The molecule has 0 fully saturated rings. The van der Waals surface area contributed by atoms with Crippen molar-refractivity contribution in [3.63, 3.8) is 0 Å². The van der Waals surface area contributed by atoms with Crippen LogP contribution in [-0.2, 0) is 15.6 Å². The van der Waals surface area contributed by atoms with Crippen LogP contribution in [0.5, 0.6) is 0 Å². The third-order valence-corrected chi connectivity index (χ3v) is 1.72. The summed E-state index contributed by atoms with van der Waals surface area (Å²) in [6, 6.07) is 0. The van der Waals surface area contributed by atoms with Gasteiger partial charge in [-0.15, -0.1) is 6.58 Å².